The molecule has 0 unspecified atom stereocenters. The van der Waals surface area contributed by atoms with Crippen LogP contribution in [0.5, 0.6) is 0 Å². The van der Waals surface area contributed by atoms with Gasteiger partial charge in [-0.1, -0.05) is 0 Å². The Morgan fingerprint density at radius 3 is 2.77 bits per heavy atom. The number of nitrogens with one attached hydrogen (secondary N) is 1. The van der Waals surface area contributed by atoms with Gasteiger partial charge in [0.1, 0.15) is 0 Å². The minimum absolute atomic E-state index is 0.0250. The topological polar surface area (TPSA) is 54.9 Å². The summed E-state index contributed by atoms with van der Waals surface area (Å²) in [6.07, 6.45) is 3.32. The maximum Gasteiger partial charge on any atom is 0.257 e. The van der Waals surface area contributed by atoms with Crippen molar-refractivity contribution in [3.05, 3.63) is 65.3 Å². The first kappa shape index (κ1) is 14.3. The zero-order valence-electron chi connectivity index (χ0n) is 11.1. The quantitative estimate of drug-likeness (QED) is 0.800. The lowest BCUT2D eigenvalue weighted by Gasteiger charge is -2.02. The molecule has 1 amide bonds. The number of pyridine rings is 1. The van der Waals surface area contributed by atoms with Gasteiger partial charge in [-0.2, -0.15) is 0 Å². The van der Waals surface area contributed by atoms with Crippen LogP contribution in [0.15, 0.2) is 48.1 Å². The molecule has 0 saturated heterocycles. The standard InChI is InChI=1S/C15H9F2N3OS/c16-11-4-3-9(6-12(11)17)14(21)20-15-19-13(8-22-15)10-2-1-5-18-7-10/h1-8H,(H,19,20,21). The average Bonchev–Trinajstić information content (AvgIpc) is 2.99. The van der Waals surface area contributed by atoms with E-state index in [1.165, 1.54) is 17.4 Å². The van der Waals surface area contributed by atoms with Gasteiger partial charge in [0.15, 0.2) is 16.8 Å². The fourth-order valence-corrected chi connectivity index (χ4v) is 2.50. The summed E-state index contributed by atoms with van der Waals surface area (Å²) in [5.74, 6) is -2.61. The normalized spacial score (nSPS) is 10.5. The summed E-state index contributed by atoms with van der Waals surface area (Å²) in [5, 5.41) is 4.70. The minimum Gasteiger partial charge on any atom is -0.298 e. The number of hydrogen-bond acceptors (Lipinski definition) is 4. The van der Waals surface area contributed by atoms with Crippen LogP contribution in [0, 0.1) is 11.6 Å². The summed E-state index contributed by atoms with van der Waals surface area (Å²) in [7, 11) is 0. The van der Waals surface area contributed by atoms with E-state index < -0.39 is 17.5 Å². The van der Waals surface area contributed by atoms with E-state index in [2.05, 4.69) is 15.3 Å². The summed E-state index contributed by atoms with van der Waals surface area (Å²) < 4.78 is 26.0. The van der Waals surface area contributed by atoms with Gasteiger partial charge in [-0.15, -0.1) is 11.3 Å². The van der Waals surface area contributed by atoms with Gasteiger partial charge in [0, 0.05) is 28.9 Å². The van der Waals surface area contributed by atoms with Crippen LogP contribution in [-0.4, -0.2) is 15.9 Å². The number of amides is 1. The van der Waals surface area contributed by atoms with Crippen molar-refractivity contribution in [1.82, 2.24) is 9.97 Å². The first-order valence-electron chi connectivity index (χ1n) is 6.26. The Morgan fingerprint density at radius 1 is 1.18 bits per heavy atom. The van der Waals surface area contributed by atoms with Crippen LogP contribution in [-0.2, 0) is 0 Å². The third-order valence-corrected chi connectivity index (χ3v) is 3.62. The maximum atomic E-state index is 13.1. The van der Waals surface area contributed by atoms with Crippen LogP contribution < -0.4 is 5.32 Å². The first-order valence-corrected chi connectivity index (χ1v) is 7.14. The van der Waals surface area contributed by atoms with Crippen molar-refractivity contribution in [1.29, 1.82) is 0 Å². The van der Waals surface area contributed by atoms with Crippen molar-refractivity contribution in [3.8, 4) is 11.3 Å². The highest BCUT2D eigenvalue weighted by Crippen LogP contribution is 2.24. The Balaban J connectivity index is 1.77. The van der Waals surface area contributed by atoms with Gasteiger partial charge in [0.25, 0.3) is 5.91 Å². The van der Waals surface area contributed by atoms with Crippen molar-refractivity contribution < 1.29 is 13.6 Å². The number of carbonyl (C=O) groups excluding carboxylic acids is 1. The maximum absolute atomic E-state index is 13.1. The van der Waals surface area contributed by atoms with Crippen LogP contribution in [0.1, 0.15) is 10.4 Å². The third-order valence-electron chi connectivity index (χ3n) is 2.86. The second-order valence-electron chi connectivity index (χ2n) is 4.36. The summed E-state index contributed by atoms with van der Waals surface area (Å²) >= 11 is 1.24. The van der Waals surface area contributed by atoms with E-state index >= 15 is 0 Å². The number of halogens is 2. The highest BCUT2D eigenvalue weighted by atomic mass is 32.1. The van der Waals surface area contributed by atoms with Gasteiger partial charge in [0.2, 0.25) is 0 Å². The Bertz CT molecular complexity index is 821. The van der Waals surface area contributed by atoms with E-state index in [9.17, 15) is 13.6 Å². The molecule has 110 valence electrons. The zero-order chi connectivity index (χ0) is 15.5. The molecule has 22 heavy (non-hydrogen) atoms. The Labute approximate surface area is 128 Å². The molecule has 3 aromatic rings. The molecule has 0 bridgehead atoms. The number of nitrogens with zero attached hydrogens (tertiary/aromatic N) is 2. The van der Waals surface area contributed by atoms with Crippen LogP contribution in [0.3, 0.4) is 0 Å². The summed E-state index contributed by atoms with van der Waals surface area (Å²) in [5.41, 5.74) is 1.53. The number of rotatable bonds is 3. The number of aromatic nitrogens is 2. The Hall–Kier alpha value is -2.67. The van der Waals surface area contributed by atoms with Crippen LogP contribution in [0.4, 0.5) is 13.9 Å². The Morgan fingerprint density at radius 2 is 2.05 bits per heavy atom. The fraction of sp³-hybridized carbons (Fsp3) is 0. The SMILES string of the molecule is O=C(Nc1nc(-c2cccnc2)cs1)c1ccc(F)c(F)c1. The molecule has 7 heteroatoms. The monoisotopic (exact) mass is 317 g/mol. The summed E-state index contributed by atoms with van der Waals surface area (Å²) in [4.78, 5) is 20.2. The van der Waals surface area contributed by atoms with Crippen molar-refractivity contribution in [3.63, 3.8) is 0 Å². The molecular weight excluding hydrogens is 308 g/mol. The first-order chi connectivity index (χ1) is 10.6. The molecule has 1 N–H and O–H groups in total. The molecule has 0 saturated carbocycles. The molecular formula is C15H9F2N3OS. The van der Waals surface area contributed by atoms with Crippen LogP contribution in [0.25, 0.3) is 11.3 Å². The zero-order valence-corrected chi connectivity index (χ0v) is 11.9. The molecule has 0 aliphatic rings. The van der Waals surface area contributed by atoms with Crippen molar-refractivity contribution in [2.75, 3.05) is 5.32 Å². The largest absolute Gasteiger partial charge is 0.298 e. The van der Waals surface area contributed by atoms with Gasteiger partial charge < -0.3 is 0 Å². The molecule has 3 rings (SSSR count). The molecule has 0 radical (unpaired) electrons. The van der Waals surface area contributed by atoms with E-state index in [1.54, 1.807) is 23.8 Å². The molecule has 2 aromatic heterocycles. The lowest BCUT2D eigenvalue weighted by molar-refractivity contribution is 0.102. The lowest BCUT2D eigenvalue weighted by Crippen LogP contribution is -2.12. The van der Waals surface area contributed by atoms with E-state index in [-0.39, 0.29) is 5.56 Å². The van der Waals surface area contributed by atoms with E-state index in [0.29, 0.717) is 10.8 Å². The highest BCUT2D eigenvalue weighted by Gasteiger charge is 2.12. The molecule has 0 fully saturated rings. The smallest absolute Gasteiger partial charge is 0.257 e. The summed E-state index contributed by atoms with van der Waals surface area (Å²) in [6.45, 7) is 0. The predicted octanol–water partition coefficient (Wildman–Crippen LogP) is 3.74. The third kappa shape index (κ3) is 2.99. The number of hydrogen-bond donors (Lipinski definition) is 1. The van der Waals surface area contributed by atoms with Crippen molar-refractivity contribution >= 4 is 22.4 Å². The van der Waals surface area contributed by atoms with E-state index in [4.69, 9.17) is 0 Å². The van der Waals surface area contributed by atoms with Crippen molar-refractivity contribution in [2.45, 2.75) is 0 Å². The molecule has 0 atom stereocenters. The van der Waals surface area contributed by atoms with Crippen molar-refractivity contribution in [2.24, 2.45) is 0 Å². The molecule has 2 heterocycles. The average molecular weight is 317 g/mol. The van der Waals surface area contributed by atoms with E-state index in [0.717, 1.165) is 17.7 Å². The van der Waals surface area contributed by atoms with E-state index in [1.807, 2.05) is 6.07 Å². The predicted molar refractivity (Wildman–Crippen MR) is 79.7 cm³/mol. The number of thiazole rings is 1. The second-order valence-corrected chi connectivity index (χ2v) is 5.22. The minimum atomic E-state index is -1.07. The molecule has 1 aromatic carbocycles. The van der Waals surface area contributed by atoms with Gasteiger partial charge >= 0.3 is 0 Å². The fourth-order valence-electron chi connectivity index (χ4n) is 1.78. The molecule has 4 nitrogen and oxygen atoms in total. The second kappa shape index (κ2) is 5.98. The molecule has 0 aliphatic carbocycles. The van der Waals surface area contributed by atoms with Gasteiger partial charge in [-0.05, 0) is 30.3 Å². The van der Waals surface area contributed by atoms with Crippen LogP contribution >= 0.6 is 11.3 Å². The Kier molecular flexibility index (Phi) is 3.88. The highest BCUT2D eigenvalue weighted by molar-refractivity contribution is 7.14. The van der Waals surface area contributed by atoms with Crippen LogP contribution in [0.2, 0.25) is 0 Å². The molecule has 0 aliphatic heterocycles. The van der Waals surface area contributed by atoms with Gasteiger partial charge in [-0.3, -0.25) is 15.1 Å². The number of carbonyl (C=O) groups is 1. The molecule has 0 spiro atoms. The lowest BCUT2D eigenvalue weighted by atomic mass is 10.2. The van der Waals surface area contributed by atoms with Gasteiger partial charge in [0.05, 0.1) is 5.69 Å². The van der Waals surface area contributed by atoms with Gasteiger partial charge in [-0.25, -0.2) is 13.8 Å². The summed E-state index contributed by atoms with van der Waals surface area (Å²) in [6, 6.07) is 6.61. The number of benzene rings is 1. The number of anilines is 1.